The molecule has 5 heteroatoms. The monoisotopic (exact) mass is 320 g/mol. The van der Waals surface area contributed by atoms with E-state index in [-0.39, 0.29) is 18.7 Å². The molecule has 5 nitrogen and oxygen atoms in total. The van der Waals surface area contributed by atoms with Crippen LogP contribution in [0.1, 0.15) is 37.8 Å². The van der Waals surface area contributed by atoms with Crippen LogP contribution in [0.3, 0.4) is 0 Å². The first-order valence-corrected chi connectivity index (χ1v) is 8.42. The maximum atomic E-state index is 12.0. The fraction of sp³-hybridized carbons (Fsp3) is 0.611. The second-order valence-electron chi connectivity index (χ2n) is 6.47. The number of aliphatic hydroxyl groups is 1. The van der Waals surface area contributed by atoms with E-state index in [1.165, 1.54) is 0 Å². The number of carbonyl (C=O) groups excluding carboxylic acids is 1. The summed E-state index contributed by atoms with van der Waals surface area (Å²) in [5, 5.41) is 15.1. The van der Waals surface area contributed by atoms with E-state index in [4.69, 9.17) is 4.74 Å². The van der Waals surface area contributed by atoms with Gasteiger partial charge in [-0.2, -0.15) is 0 Å². The molecular formula is C18H28N2O3. The number of hydrogen-bond donors (Lipinski definition) is 3. The van der Waals surface area contributed by atoms with Crippen molar-refractivity contribution in [3.8, 4) is 0 Å². The van der Waals surface area contributed by atoms with E-state index in [0.717, 1.165) is 30.6 Å². The molecule has 2 unspecified atom stereocenters. The van der Waals surface area contributed by atoms with Crippen molar-refractivity contribution in [2.24, 2.45) is 11.8 Å². The number of amides is 2. The average Bonchev–Trinajstić information content (AvgIpc) is 2.58. The van der Waals surface area contributed by atoms with E-state index in [9.17, 15) is 9.90 Å². The quantitative estimate of drug-likeness (QED) is 0.754. The molecule has 1 aromatic carbocycles. The van der Waals surface area contributed by atoms with Crippen LogP contribution >= 0.6 is 0 Å². The van der Waals surface area contributed by atoms with Gasteiger partial charge in [0.1, 0.15) is 0 Å². The van der Waals surface area contributed by atoms with Crippen molar-refractivity contribution in [1.29, 1.82) is 0 Å². The summed E-state index contributed by atoms with van der Waals surface area (Å²) < 4.78 is 5.84. The first-order valence-electron chi connectivity index (χ1n) is 8.42. The Morgan fingerprint density at radius 3 is 2.74 bits per heavy atom. The molecule has 1 aliphatic rings. The third-order valence-electron chi connectivity index (χ3n) is 4.40. The molecule has 1 aliphatic heterocycles. The molecular weight excluding hydrogens is 292 g/mol. The highest BCUT2D eigenvalue weighted by Crippen LogP contribution is 2.25. The molecule has 0 bridgehead atoms. The van der Waals surface area contributed by atoms with Crippen molar-refractivity contribution in [2.45, 2.75) is 45.9 Å². The van der Waals surface area contributed by atoms with Crippen LogP contribution < -0.4 is 10.6 Å². The summed E-state index contributed by atoms with van der Waals surface area (Å²) in [5.41, 5.74) is 1.78. The van der Waals surface area contributed by atoms with Gasteiger partial charge >= 0.3 is 6.03 Å². The maximum absolute atomic E-state index is 12.0. The highest BCUT2D eigenvalue weighted by molar-refractivity contribution is 5.73. The molecule has 3 N–H and O–H groups in total. The first-order chi connectivity index (χ1) is 11.1. The van der Waals surface area contributed by atoms with Gasteiger partial charge < -0.3 is 20.5 Å². The first kappa shape index (κ1) is 17.8. The van der Waals surface area contributed by atoms with Gasteiger partial charge in [0.15, 0.2) is 0 Å². The summed E-state index contributed by atoms with van der Waals surface area (Å²) in [6.07, 6.45) is 2.37. The molecule has 1 heterocycles. The Morgan fingerprint density at radius 2 is 2.04 bits per heavy atom. The summed E-state index contributed by atoms with van der Waals surface area (Å²) in [6, 6.07) is 7.38. The molecule has 0 aliphatic carbocycles. The zero-order valence-corrected chi connectivity index (χ0v) is 14.0. The normalized spacial score (nSPS) is 21.2. The summed E-state index contributed by atoms with van der Waals surface area (Å²) in [7, 11) is 0. The molecule has 1 aromatic rings. The summed E-state index contributed by atoms with van der Waals surface area (Å²) in [6.45, 7) is 6.18. The maximum Gasteiger partial charge on any atom is 0.315 e. The number of aliphatic hydroxyl groups excluding tert-OH is 1. The molecule has 2 atom stereocenters. The zero-order valence-electron chi connectivity index (χ0n) is 14.0. The SMILES string of the molecule is CC(C)C1OCCCC1CNC(=O)NCc1ccccc1CO. The number of hydrogen-bond acceptors (Lipinski definition) is 3. The lowest BCUT2D eigenvalue weighted by Crippen LogP contribution is -2.44. The molecule has 0 aromatic heterocycles. The number of nitrogens with one attached hydrogen (secondary N) is 2. The summed E-state index contributed by atoms with van der Waals surface area (Å²) >= 11 is 0. The van der Waals surface area contributed by atoms with Crippen LogP contribution in [0.5, 0.6) is 0 Å². The van der Waals surface area contributed by atoms with Crippen molar-refractivity contribution >= 4 is 6.03 Å². The second-order valence-corrected chi connectivity index (χ2v) is 6.47. The Balaban J connectivity index is 1.78. The molecule has 128 valence electrons. The minimum Gasteiger partial charge on any atom is -0.392 e. The summed E-state index contributed by atoms with van der Waals surface area (Å²) in [4.78, 5) is 12.0. The van der Waals surface area contributed by atoms with Crippen molar-refractivity contribution in [3.63, 3.8) is 0 Å². The standard InChI is InChI=1S/C18H28N2O3/c1-13(2)17-15(8-5-9-23-17)11-20-18(22)19-10-14-6-3-4-7-16(14)12-21/h3-4,6-7,13,15,17,21H,5,8-12H2,1-2H3,(H2,19,20,22). The molecule has 1 saturated heterocycles. The topological polar surface area (TPSA) is 70.6 Å². The van der Waals surface area contributed by atoms with Crippen LogP contribution in [-0.2, 0) is 17.9 Å². The van der Waals surface area contributed by atoms with Crippen molar-refractivity contribution in [2.75, 3.05) is 13.2 Å². The minimum atomic E-state index is -0.175. The van der Waals surface area contributed by atoms with Gasteiger partial charge in [0.2, 0.25) is 0 Å². The minimum absolute atomic E-state index is 0.0189. The average molecular weight is 320 g/mol. The third kappa shape index (κ3) is 5.22. The van der Waals surface area contributed by atoms with Gasteiger partial charge in [-0.3, -0.25) is 0 Å². The van der Waals surface area contributed by atoms with Gasteiger partial charge in [-0.1, -0.05) is 38.1 Å². The molecule has 0 saturated carbocycles. The zero-order chi connectivity index (χ0) is 16.7. The van der Waals surface area contributed by atoms with Gasteiger partial charge in [0, 0.05) is 25.6 Å². The fourth-order valence-electron chi connectivity index (χ4n) is 3.17. The number of benzene rings is 1. The van der Waals surface area contributed by atoms with E-state index in [0.29, 0.717) is 24.9 Å². The Bertz CT molecular complexity index is 505. The van der Waals surface area contributed by atoms with Crippen LogP contribution in [0.15, 0.2) is 24.3 Å². The van der Waals surface area contributed by atoms with E-state index in [1.807, 2.05) is 24.3 Å². The molecule has 2 rings (SSSR count). The lowest BCUT2D eigenvalue weighted by atomic mass is 9.87. The number of carbonyl (C=O) groups is 1. The van der Waals surface area contributed by atoms with E-state index in [2.05, 4.69) is 24.5 Å². The van der Waals surface area contributed by atoms with Crippen molar-refractivity contribution in [1.82, 2.24) is 10.6 Å². The van der Waals surface area contributed by atoms with E-state index < -0.39 is 0 Å². The van der Waals surface area contributed by atoms with Crippen molar-refractivity contribution < 1.29 is 14.6 Å². The van der Waals surface area contributed by atoms with Gasteiger partial charge in [-0.15, -0.1) is 0 Å². The molecule has 23 heavy (non-hydrogen) atoms. The smallest absolute Gasteiger partial charge is 0.315 e. The lowest BCUT2D eigenvalue weighted by molar-refractivity contribution is -0.0508. The number of rotatable bonds is 6. The fourth-order valence-corrected chi connectivity index (χ4v) is 3.17. The summed E-state index contributed by atoms with van der Waals surface area (Å²) in [5.74, 6) is 0.834. The third-order valence-corrected chi connectivity index (χ3v) is 4.40. The second kappa shape index (κ2) is 8.89. The van der Waals surface area contributed by atoms with Crippen LogP contribution in [0, 0.1) is 11.8 Å². The Morgan fingerprint density at radius 1 is 1.30 bits per heavy atom. The number of ether oxygens (including phenoxy) is 1. The van der Waals surface area contributed by atoms with Gasteiger partial charge in [0.05, 0.1) is 12.7 Å². The predicted octanol–water partition coefficient (Wildman–Crippen LogP) is 2.43. The highest BCUT2D eigenvalue weighted by Gasteiger charge is 2.28. The van der Waals surface area contributed by atoms with E-state index >= 15 is 0 Å². The van der Waals surface area contributed by atoms with Gasteiger partial charge in [-0.25, -0.2) is 4.79 Å². The van der Waals surface area contributed by atoms with E-state index in [1.54, 1.807) is 0 Å². The molecule has 2 amide bonds. The van der Waals surface area contributed by atoms with Crippen LogP contribution in [0.25, 0.3) is 0 Å². The van der Waals surface area contributed by atoms with Crippen LogP contribution in [-0.4, -0.2) is 30.4 Å². The largest absolute Gasteiger partial charge is 0.392 e. The van der Waals surface area contributed by atoms with Crippen LogP contribution in [0.4, 0.5) is 4.79 Å². The molecule has 0 spiro atoms. The van der Waals surface area contributed by atoms with Gasteiger partial charge in [-0.05, 0) is 29.9 Å². The molecule has 0 radical (unpaired) electrons. The lowest BCUT2D eigenvalue weighted by Gasteiger charge is -2.34. The number of urea groups is 1. The highest BCUT2D eigenvalue weighted by atomic mass is 16.5. The van der Waals surface area contributed by atoms with Crippen molar-refractivity contribution in [3.05, 3.63) is 35.4 Å². The Hall–Kier alpha value is -1.59. The van der Waals surface area contributed by atoms with Crippen LogP contribution in [0.2, 0.25) is 0 Å². The predicted molar refractivity (Wildman–Crippen MR) is 89.9 cm³/mol. The Kier molecular flexibility index (Phi) is 6.86. The Labute approximate surface area is 138 Å². The molecule has 1 fully saturated rings. The van der Waals surface area contributed by atoms with Gasteiger partial charge in [0.25, 0.3) is 0 Å².